The van der Waals surface area contributed by atoms with Crippen molar-refractivity contribution in [1.82, 2.24) is 9.88 Å². The minimum atomic E-state index is -0.806. The van der Waals surface area contributed by atoms with E-state index in [4.69, 9.17) is 9.52 Å². The van der Waals surface area contributed by atoms with Crippen LogP contribution in [0.2, 0.25) is 0 Å². The van der Waals surface area contributed by atoms with Crippen LogP contribution < -0.4 is 0 Å². The summed E-state index contributed by atoms with van der Waals surface area (Å²) < 4.78 is 6.66. The zero-order valence-corrected chi connectivity index (χ0v) is 12.6. The van der Waals surface area contributed by atoms with Crippen molar-refractivity contribution < 1.29 is 14.3 Å². The normalized spacial score (nSPS) is 10.9. The fourth-order valence-electron chi connectivity index (χ4n) is 1.76. The quantitative estimate of drug-likeness (QED) is 0.876. The van der Waals surface area contributed by atoms with E-state index in [1.807, 2.05) is 36.2 Å². The average Bonchev–Trinajstić information content (AvgIpc) is 2.85. The molecule has 0 atom stereocenters. The Balaban J connectivity index is 2.00. The van der Waals surface area contributed by atoms with Gasteiger partial charge >= 0.3 is 5.97 Å². The third-order valence-electron chi connectivity index (χ3n) is 2.78. The molecule has 0 unspecified atom stereocenters. The van der Waals surface area contributed by atoms with Crippen LogP contribution in [0.3, 0.4) is 0 Å². The van der Waals surface area contributed by atoms with Gasteiger partial charge < -0.3 is 9.52 Å². The maximum absolute atomic E-state index is 10.5. The fourth-order valence-corrected chi connectivity index (χ4v) is 2.15. The third kappa shape index (κ3) is 4.18. The molecule has 20 heavy (non-hydrogen) atoms. The number of carboxylic acid groups (broad SMARTS) is 1. The Morgan fingerprint density at radius 1 is 1.50 bits per heavy atom. The minimum absolute atomic E-state index is 0.107. The lowest BCUT2D eigenvalue weighted by molar-refractivity contribution is -0.137. The maximum atomic E-state index is 10.5. The van der Waals surface area contributed by atoms with Crippen molar-refractivity contribution in [3.63, 3.8) is 0 Å². The van der Waals surface area contributed by atoms with Gasteiger partial charge in [0.05, 0.1) is 19.2 Å². The van der Waals surface area contributed by atoms with E-state index in [1.165, 1.54) is 0 Å². The van der Waals surface area contributed by atoms with Gasteiger partial charge in [-0.3, -0.25) is 9.69 Å². The number of rotatable bonds is 6. The predicted molar refractivity (Wildman–Crippen MR) is 78.2 cm³/mol. The third-order valence-corrected chi connectivity index (χ3v) is 3.27. The van der Waals surface area contributed by atoms with E-state index >= 15 is 0 Å². The van der Waals surface area contributed by atoms with Crippen molar-refractivity contribution in [1.29, 1.82) is 0 Å². The predicted octanol–water partition coefficient (Wildman–Crippen LogP) is 3.01. The molecule has 0 aliphatic carbocycles. The van der Waals surface area contributed by atoms with E-state index in [0.717, 1.165) is 10.0 Å². The summed E-state index contributed by atoms with van der Waals surface area (Å²) in [5, 5.41) is 8.64. The molecule has 0 saturated heterocycles. The van der Waals surface area contributed by atoms with Crippen molar-refractivity contribution in [2.45, 2.75) is 13.0 Å². The molecule has 1 aromatic carbocycles. The van der Waals surface area contributed by atoms with Crippen LogP contribution in [0.15, 0.2) is 39.4 Å². The SMILES string of the molecule is CN(CCC(=O)O)Cc1ncc(-c2cccc(Br)c2)o1. The number of hydrogen-bond donors (Lipinski definition) is 1. The number of oxazole rings is 1. The van der Waals surface area contributed by atoms with Crippen LogP contribution in [0.25, 0.3) is 11.3 Å². The van der Waals surface area contributed by atoms with Gasteiger partial charge in [0.15, 0.2) is 5.76 Å². The van der Waals surface area contributed by atoms with Crippen LogP contribution in [-0.2, 0) is 11.3 Å². The Bertz CT molecular complexity index is 598. The number of nitrogens with zero attached hydrogens (tertiary/aromatic N) is 2. The summed E-state index contributed by atoms with van der Waals surface area (Å²) in [5.74, 6) is 0.472. The lowest BCUT2D eigenvalue weighted by Crippen LogP contribution is -2.21. The number of aromatic nitrogens is 1. The summed E-state index contributed by atoms with van der Waals surface area (Å²) in [5.41, 5.74) is 0.950. The number of benzene rings is 1. The molecular formula is C14H15BrN2O3. The van der Waals surface area contributed by atoms with Gasteiger partial charge in [0, 0.05) is 16.6 Å². The van der Waals surface area contributed by atoms with Gasteiger partial charge in [-0.15, -0.1) is 0 Å². The number of aliphatic carboxylic acids is 1. The second-order valence-corrected chi connectivity index (χ2v) is 5.43. The van der Waals surface area contributed by atoms with E-state index in [2.05, 4.69) is 20.9 Å². The Hall–Kier alpha value is -1.66. The maximum Gasteiger partial charge on any atom is 0.304 e. The fraction of sp³-hybridized carbons (Fsp3) is 0.286. The summed E-state index contributed by atoms with van der Waals surface area (Å²) in [6.45, 7) is 0.950. The van der Waals surface area contributed by atoms with Gasteiger partial charge in [0.1, 0.15) is 0 Å². The van der Waals surface area contributed by atoms with E-state index in [0.29, 0.717) is 24.7 Å². The molecule has 0 saturated carbocycles. The van der Waals surface area contributed by atoms with Gasteiger partial charge in [0.25, 0.3) is 0 Å². The van der Waals surface area contributed by atoms with Gasteiger partial charge in [-0.05, 0) is 19.2 Å². The monoisotopic (exact) mass is 338 g/mol. The molecule has 0 fully saturated rings. The molecule has 1 N–H and O–H groups in total. The van der Waals surface area contributed by atoms with Gasteiger partial charge in [-0.1, -0.05) is 28.1 Å². The Morgan fingerprint density at radius 3 is 3.00 bits per heavy atom. The topological polar surface area (TPSA) is 66.6 Å². The lowest BCUT2D eigenvalue weighted by Gasteiger charge is -2.12. The highest BCUT2D eigenvalue weighted by Gasteiger charge is 2.10. The van der Waals surface area contributed by atoms with Crippen LogP contribution in [-0.4, -0.2) is 34.6 Å². The molecule has 2 rings (SSSR count). The van der Waals surface area contributed by atoms with E-state index < -0.39 is 5.97 Å². The molecule has 1 heterocycles. The van der Waals surface area contributed by atoms with Crippen molar-refractivity contribution >= 4 is 21.9 Å². The van der Waals surface area contributed by atoms with E-state index in [-0.39, 0.29) is 6.42 Å². The van der Waals surface area contributed by atoms with Crippen LogP contribution in [0.4, 0.5) is 0 Å². The Labute approximate surface area is 125 Å². The largest absolute Gasteiger partial charge is 0.481 e. The molecule has 0 radical (unpaired) electrons. The van der Waals surface area contributed by atoms with Crippen LogP contribution in [0, 0.1) is 0 Å². The van der Waals surface area contributed by atoms with Crippen LogP contribution >= 0.6 is 15.9 Å². The average molecular weight is 339 g/mol. The summed E-state index contributed by atoms with van der Waals surface area (Å²) in [6.07, 6.45) is 1.79. The molecule has 5 nitrogen and oxygen atoms in total. The number of carbonyl (C=O) groups is 1. The first kappa shape index (κ1) is 14.7. The van der Waals surface area contributed by atoms with Gasteiger partial charge in [-0.2, -0.15) is 0 Å². The van der Waals surface area contributed by atoms with Crippen LogP contribution in [0.5, 0.6) is 0 Å². The molecule has 0 aliphatic heterocycles. The van der Waals surface area contributed by atoms with Gasteiger partial charge in [0.2, 0.25) is 5.89 Å². The Kier molecular flexibility index (Phi) is 4.92. The summed E-state index contributed by atoms with van der Waals surface area (Å²) in [4.78, 5) is 16.6. The molecule has 6 heteroatoms. The molecule has 0 aliphatic rings. The van der Waals surface area contributed by atoms with Crippen molar-refractivity contribution in [2.75, 3.05) is 13.6 Å². The molecule has 0 spiro atoms. The molecule has 0 amide bonds. The molecule has 1 aromatic heterocycles. The summed E-state index contributed by atoms with van der Waals surface area (Å²) in [6, 6.07) is 7.78. The first-order valence-corrected chi connectivity index (χ1v) is 6.95. The molecular weight excluding hydrogens is 324 g/mol. The number of halogens is 1. The zero-order chi connectivity index (χ0) is 14.5. The zero-order valence-electron chi connectivity index (χ0n) is 11.0. The standard InChI is InChI=1S/C14H15BrN2O3/c1-17(6-5-14(18)19)9-13-16-8-12(20-13)10-3-2-4-11(15)7-10/h2-4,7-8H,5-6,9H2,1H3,(H,18,19). The first-order chi connectivity index (χ1) is 9.54. The first-order valence-electron chi connectivity index (χ1n) is 6.15. The van der Waals surface area contributed by atoms with Crippen molar-refractivity contribution in [3.8, 4) is 11.3 Å². The highest BCUT2D eigenvalue weighted by molar-refractivity contribution is 9.10. The highest BCUT2D eigenvalue weighted by atomic mass is 79.9. The minimum Gasteiger partial charge on any atom is -0.481 e. The summed E-state index contributed by atoms with van der Waals surface area (Å²) in [7, 11) is 1.84. The molecule has 0 bridgehead atoms. The van der Waals surface area contributed by atoms with E-state index in [9.17, 15) is 4.79 Å². The second kappa shape index (κ2) is 6.67. The number of hydrogen-bond acceptors (Lipinski definition) is 4. The molecule has 2 aromatic rings. The smallest absolute Gasteiger partial charge is 0.304 e. The highest BCUT2D eigenvalue weighted by Crippen LogP contribution is 2.23. The van der Waals surface area contributed by atoms with Crippen molar-refractivity contribution in [2.24, 2.45) is 0 Å². The Morgan fingerprint density at radius 2 is 2.30 bits per heavy atom. The van der Waals surface area contributed by atoms with Crippen LogP contribution in [0.1, 0.15) is 12.3 Å². The summed E-state index contributed by atoms with van der Waals surface area (Å²) >= 11 is 3.41. The second-order valence-electron chi connectivity index (χ2n) is 4.51. The van der Waals surface area contributed by atoms with Crippen molar-refractivity contribution in [3.05, 3.63) is 40.8 Å². The van der Waals surface area contributed by atoms with Gasteiger partial charge in [-0.25, -0.2) is 4.98 Å². The lowest BCUT2D eigenvalue weighted by atomic mass is 10.2. The number of carboxylic acids is 1. The van der Waals surface area contributed by atoms with E-state index in [1.54, 1.807) is 6.20 Å². The molecule has 106 valence electrons.